The van der Waals surface area contributed by atoms with E-state index < -0.39 is 4.92 Å². The number of benzene rings is 1. The van der Waals surface area contributed by atoms with Crippen LogP contribution in [0.4, 0.5) is 5.69 Å². The van der Waals surface area contributed by atoms with Gasteiger partial charge in [-0.15, -0.1) is 11.3 Å². The van der Waals surface area contributed by atoms with Crippen LogP contribution in [0.25, 0.3) is 10.2 Å². The van der Waals surface area contributed by atoms with Gasteiger partial charge in [0.15, 0.2) is 0 Å². The average molecular weight is 342 g/mol. The van der Waals surface area contributed by atoms with E-state index in [9.17, 15) is 14.9 Å². The Bertz CT molecular complexity index is 1050. The van der Waals surface area contributed by atoms with Gasteiger partial charge in [0.25, 0.3) is 11.2 Å². The van der Waals surface area contributed by atoms with Gasteiger partial charge in [-0.1, -0.05) is 12.1 Å². The number of fused-ring (bicyclic) bond motifs is 1. The molecule has 0 radical (unpaired) electrons. The topological polar surface area (TPSA) is 90.4 Å². The normalized spacial score (nSPS) is 11.5. The van der Waals surface area contributed by atoms with Crippen molar-refractivity contribution in [1.82, 2.24) is 9.66 Å². The zero-order valence-corrected chi connectivity index (χ0v) is 14.1. The number of hydrogen-bond acceptors (Lipinski definition) is 6. The summed E-state index contributed by atoms with van der Waals surface area (Å²) >= 11 is 1.48. The molecule has 0 fully saturated rings. The van der Waals surface area contributed by atoms with E-state index in [-0.39, 0.29) is 11.2 Å². The first kappa shape index (κ1) is 16.0. The maximum Gasteiger partial charge on any atom is 0.283 e. The average Bonchev–Trinajstić information content (AvgIpc) is 2.81. The highest BCUT2D eigenvalue weighted by atomic mass is 32.1. The Hall–Kier alpha value is -2.87. The Morgan fingerprint density at radius 1 is 1.33 bits per heavy atom. The molecule has 0 amide bonds. The number of aromatic nitrogens is 2. The van der Waals surface area contributed by atoms with E-state index in [1.807, 2.05) is 13.8 Å². The van der Waals surface area contributed by atoms with Crippen LogP contribution in [0.2, 0.25) is 0 Å². The fourth-order valence-corrected chi connectivity index (χ4v) is 3.43. The first-order valence-electron chi connectivity index (χ1n) is 7.16. The zero-order valence-electron chi connectivity index (χ0n) is 13.3. The van der Waals surface area contributed by atoms with Crippen molar-refractivity contribution in [2.45, 2.75) is 20.8 Å². The standard InChI is InChI=1S/C16H14N4O3S/c1-9-10(2)24-15-14(9)16(21)19(11(3)18-15)17-8-12-5-4-6-13(7-12)20(22)23/h4-8H,1-3H3/b17-8+. The largest absolute Gasteiger partial charge is 0.283 e. The third kappa shape index (κ3) is 2.71. The van der Waals surface area contributed by atoms with Gasteiger partial charge in [0.2, 0.25) is 0 Å². The Labute approximate surface area is 141 Å². The maximum atomic E-state index is 12.7. The number of nitrogens with zero attached hydrogens (tertiary/aromatic N) is 4. The molecule has 122 valence electrons. The maximum absolute atomic E-state index is 12.7. The number of nitro benzene ring substituents is 1. The van der Waals surface area contributed by atoms with Gasteiger partial charge in [0, 0.05) is 22.6 Å². The molecule has 24 heavy (non-hydrogen) atoms. The number of non-ortho nitro benzene ring substituents is 1. The minimum Gasteiger partial charge on any atom is -0.267 e. The van der Waals surface area contributed by atoms with Crippen molar-refractivity contribution in [3.8, 4) is 0 Å². The molecule has 0 aliphatic heterocycles. The minimum atomic E-state index is -0.472. The molecule has 0 aliphatic carbocycles. The van der Waals surface area contributed by atoms with E-state index in [2.05, 4.69) is 10.1 Å². The molecule has 2 heterocycles. The Morgan fingerprint density at radius 3 is 2.79 bits per heavy atom. The molecule has 3 rings (SSSR count). The van der Waals surface area contributed by atoms with Gasteiger partial charge in [-0.2, -0.15) is 9.78 Å². The summed E-state index contributed by atoms with van der Waals surface area (Å²) in [6, 6.07) is 6.06. The Kier molecular flexibility index (Phi) is 3.98. The van der Waals surface area contributed by atoms with E-state index in [0.717, 1.165) is 10.4 Å². The van der Waals surface area contributed by atoms with Crippen molar-refractivity contribution < 1.29 is 4.92 Å². The number of thiophene rings is 1. The fraction of sp³-hybridized carbons (Fsp3) is 0.188. The summed E-state index contributed by atoms with van der Waals surface area (Å²) in [5, 5.41) is 15.6. The van der Waals surface area contributed by atoms with E-state index in [4.69, 9.17) is 0 Å². The quantitative estimate of drug-likeness (QED) is 0.415. The third-order valence-corrected chi connectivity index (χ3v) is 4.85. The summed E-state index contributed by atoms with van der Waals surface area (Å²) < 4.78 is 1.22. The van der Waals surface area contributed by atoms with Crippen molar-refractivity contribution in [3.63, 3.8) is 0 Å². The van der Waals surface area contributed by atoms with Gasteiger partial charge in [0.1, 0.15) is 10.7 Å². The summed E-state index contributed by atoms with van der Waals surface area (Å²) in [4.78, 5) is 29.2. The lowest BCUT2D eigenvalue weighted by Gasteiger charge is -2.03. The molecular weight excluding hydrogens is 328 g/mol. The molecule has 3 aromatic rings. The molecular formula is C16H14N4O3S. The molecule has 0 bridgehead atoms. The summed E-state index contributed by atoms with van der Waals surface area (Å²) in [5.74, 6) is 0.468. The van der Waals surface area contributed by atoms with Crippen molar-refractivity contribution in [2.24, 2.45) is 5.10 Å². The van der Waals surface area contributed by atoms with Crippen molar-refractivity contribution in [3.05, 3.63) is 66.6 Å². The van der Waals surface area contributed by atoms with Crippen LogP contribution in [0.15, 0.2) is 34.2 Å². The van der Waals surface area contributed by atoms with Gasteiger partial charge in [-0.05, 0) is 26.3 Å². The van der Waals surface area contributed by atoms with Gasteiger partial charge in [-0.25, -0.2) is 4.98 Å². The first-order valence-corrected chi connectivity index (χ1v) is 7.98. The molecule has 0 aliphatic rings. The predicted molar refractivity (Wildman–Crippen MR) is 94.2 cm³/mol. The van der Waals surface area contributed by atoms with E-state index in [1.54, 1.807) is 19.1 Å². The Morgan fingerprint density at radius 2 is 2.08 bits per heavy atom. The molecule has 2 aromatic heterocycles. The van der Waals surface area contributed by atoms with Crippen molar-refractivity contribution >= 4 is 33.5 Å². The molecule has 0 unspecified atom stereocenters. The second kappa shape index (κ2) is 5.97. The number of rotatable bonds is 3. The van der Waals surface area contributed by atoms with Crippen LogP contribution >= 0.6 is 11.3 Å². The minimum absolute atomic E-state index is 0.0269. The van der Waals surface area contributed by atoms with Crippen LogP contribution in [-0.2, 0) is 0 Å². The Balaban J connectivity index is 2.10. The second-order valence-corrected chi connectivity index (χ2v) is 6.54. The smallest absolute Gasteiger partial charge is 0.267 e. The van der Waals surface area contributed by atoms with Gasteiger partial charge < -0.3 is 0 Å². The highest BCUT2D eigenvalue weighted by Gasteiger charge is 2.14. The SMILES string of the molecule is Cc1sc2nc(C)n(/N=C/c3cccc([N+](=O)[O-])c3)c(=O)c2c1C. The highest BCUT2D eigenvalue weighted by molar-refractivity contribution is 7.18. The summed E-state index contributed by atoms with van der Waals surface area (Å²) in [7, 11) is 0. The molecule has 7 nitrogen and oxygen atoms in total. The molecule has 0 spiro atoms. The lowest BCUT2D eigenvalue weighted by molar-refractivity contribution is -0.384. The molecule has 0 atom stereocenters. The van der Waals surface area contributed by atoms with Crippen LogP contribution in [0.3, 0.4) is 0 Å². The molecule has 8 heteroatoms. The monoisotopic (exact) mass is 342 g/mol. The lowest BCUT2D eigenvalue weighted by atomic mass is 10.2. The van der Waals surface area contributed by atoms with Gasteiger partial charge in [0.05, 0.1) is 16.5 Å². The van der Waals surface area contributed by atoms with Crippen LogP contribution in [0.5, 0.6) is 0 Å². The summed E-state index contributed by atoms with van der Waals surface area (Å²) in [6.45, 7) is 5.55. The molecule has 0 N–H and O–H groups in total. The van der Waals surface area contributed by atoms with Crippen molar-refractivity contribution in [1.29, 1.82) is 0 Å². The van der Waals surface area contributed by atoms with Crippen LogP contribution < -0.4 is 5.56 Å². The molecule has 0 saturated heterocycles. The lowest BCUT2D eigenvalue weighted by Crippen LogP contribution is -2.20. The number of aryl methyl sites for hydroxylation is 3. The zero-order chi connectivity index (χ0) is 17.4. The van der Waals surface area contributed by atoms with E-state index in [0.29, 0.717) is 21.6 Å². The molecule has 0 saturated carbocycles. The fourth-order valence-electron chi connectivity index (χ4n) is 2.37. The van der Waals surface area contributed by atoms with E-state index in [1.165, 1.54) is 34.4 Å². The van der Waals surface area contributed by atoms with Crippen molar-refractivity contribution in [2.75, 3.05) is 0 Å². The van der Waals surface area contributed by atoms with Crippen LogP contribution in [0.1, 0.15) is 21.8 Å². The van der Waals surface area contributed by atoms with Crippen LogP contribution in [-0.4, -0.2) is 20.8 Å². The first-order chi connectivity index (χ1) is 11.4. The predicted octanol–water partition coefficient (Wildman–Crippen LogP) is 3.17. The van der Waals surface area contributed by atoms with Gasteiger partial charge in [-0.3, -0.25) is 14.9 Å². The summed E-state index contributed by atoms with van der Waals surface area (Å²) in [6.07, 6.45) is 1.42. The van der Waals surface area contributed by atoms with Crippen LogP contribution in [0, 0.1) is 30.9 Å². The number of nitro groups is 1. The number of hydrogen-bond donors (Lipinski definition) is 0. The van der Waals surface area contributed by atoms with Gasteiger partial charge >= 0.3 is 0 Å². The second-order valence-electron chi connectivity index (χ2n) is 5.34. The summed E-state index contributed by atoms with van der Waals surface area (Å²) in [5.41, 5.74) is 1.18. The highest BCUT2D eigenvalue weighted by Crippen LogP contribution is 2.26. The molecule has 1 aromatic carbocycles. The third-order valence-electron chi connectivity index (χ3n) is 3.75. The van der Waals surface area contributed by atoms with E-state index >= 15 is 0 Å².